The maximum Gasteiger partial charge on any atom is 0.265 e. The van der Waals surface area contributed by atoms with E-state index in [1.165, 1.54) is 0 Å². The summed E-state index contributed by atoms with van der Waals surface area (Å²) < 4.78 is 11.7. The van der Waals surface area contributed by atoms with Crippen LogP contribution in [0.5, 0.6) is 11.5 Å². The van der Waals surface area contributed by atoms with E-state index in [1.54, 1.807) is 31.2 Å². The van der Waals surface area contributed by atoms with E-state index in [2.05, 4.69) is 17.3 Å². The Hall–Kier alpha value is -2.24. The van der Waals surface area contributed by atoms with Gasteiger partial charge < -0.3 is 19.7 Å². The number of anilines is 1. The average Bonchev–Trinajstić information content (AvgIpc) is 2.65. The summed E-state index contributed by atoms with van der Waals surface area (Å²) >= 11 is 5.93. The number of rotatable bonds is 6. The molecule has 5 nitrogen and oxygen atoms in total. The lowest BCUT2D eigenvalue weighted by molar-refractivity contribution is -0.122. The summed E-state index contributed by atoms with van der Waals surface area (Å²) in [5.74, 6) is 1.16. The minimum Gasteiger partial charge on any atom is -0.490 e. The minimum absolute atomic E-state index is 0.223. The second-order valence-corrected chi connectivity index (χ2v) is 7.29. The van der Waals surface area contributed by atoms with Crippen LogP contribution in [0.25, 0.3) is 0 Å². The molecule has 6 heteroatoms. The van der Waals surface area contributed by atoms with Crippen molar-refractivity contribution in [3.05, 3.63) is 53.6 Å². The normalized spacial score (nSPS) is 16.6. The summed E-state index contributed by atoms with van der Waals surface area (Å²) in [4.78, 5) is 14.6. The van der Waals surface area contributed by atoms with Crippen molar-refractivity contribution >= 4 is 23.2 Å². The van der Waals surface area contributed by atoms with Crippen molar-refractivity contribution < 1.29 is 14.3 Å². The maximum absolute atomic E-state index is 12.3. The molecule has 1 N–H and O–H groups in total. The van der Waals surface area contributed by atoms with Crippen LogP contribution in [0.4, 0.5) is 5.69 Å². The maximum atomic E-state index is 12.3. The van der Waals surface area contributed by atoms with Crippen LogP contribution in [0, 0.1) is 0 Å². The van der Waals surface area contributed by atoms with Crippen molar-refractivity contribution in [2.24, 2.45) is 0 Å². The molecule has 0 aliphatic carbocycles. The predicted molar refractivity (Wildman–Crippen MR) is 108 cm³/mol. The summed E-state index contributed by atoms with van der Waals surface area (Å²) in [5, 5.41) is 3.42. The van der Waals surface area contributed by atoms with Crippen LogP contribution >= 0.6 is 11.6 Å². The number of nitrogens with zero attached hydrogens (tertiary/aromatic N) is 1. The van der Waals surface area contributed by atoms with Crippen LogP contribution in [-0.4, -0.2) is 43.2 Å². The molecule has 1 amide bonds. The van der Waals surface area contributed by atoms with E-state index in [9.17, 15) is 4.79 Å². The zero-order chi connectivity index (χ0) is 19.2. The molecule has 3 rings (SSSR count). The minimum atomic E-state index is -0.640. The van der Waals surface area contributed by atoms with Crippen molar-refractivity contribution in [2.75, 3.05) is 25.5 Å². The smallest absolute Gasteiger partial charge is 0.265 e. The highest BCUT2D eigenvalue weighted by molar-refractivity contribution is 6.30. The second kappa shape index (κ2) is 9.11. The first-order chi connectivity index (χ1) is 13.0. The molecule has 1 fully saturated rings. The molecule has 0 bridgehead atoms. The molecule has 0 radical (unpaired) electrons. The molecule has 2 aromatic rings. The fraction of sp³-hybridized carbons (Fsp3) is 0.381. The number of nitrogens with one attached hydrogen (secondary N) is 1. The fourth-order valence-electron chi connectivity index (χ4n) is 2.95. The molecule has 0 unspecified atom stereocenters. The molecular formula is C21H25ClN2O3. The van der Waals surface area contributed by atoms with Crippen molar-refractivity contribution in [1.29, 1.82) is 0 Å². The molecule has 1 aliphatic rings. The van der Waals surface area contributed by atoms with Crippen LogP contribution in [0.3, 0.4) is 0 Å². The lowest BCUT2D eigenvalue weighted by atomic mass is 10.1. The Kier molecular flexibility index (Phi) is 6.58. The van der Waals surface area contributed by atoms with E-state index in [-0.39, 0.29) is 12.0 Å². The van der Waals surface area contributed by atoms with Crippen LogP contribution in [0.15, 0.2) is 48.5 Å². The SMILES string of the molecule is C[C@@H](Oc1cccc(Cl)c1)C(=O)Nc1ccc(OC2CCN(C)CC2)cc1. The van der Waals surface area contributed by atoms with Gasteiger partial charge in [0.2, 0.25) is 0 Å². The zero-order valence-corrected chi connectivity index (χ0v) is 16.4. The van der Waals surface area contributed by atoms with Gasteiger partial charge in [-0.15, -0.1) is 0 Å². The molecular weight excluding hydrogens is 364 g/mol. The largest absolute Gasteiger partial charge is 0.490 e. The number of carbonyl (C=O) groups excluding carboxylic acids is 1. The van der Waals surface area contributed by atoms with E-state index in [0.717, 1.165) is 31.7 Å². The van der Waals surface area contributed by atoms with Gasteiger partial charge in [-0.25, -0.2) is 0 Å². The Bertz CT molecular complexity index is 758. The van der Waals surface area contributed by atoms with E-state index in [4.69, 9.17) is 21.1 Å². The van der Waals surface area contributed by atoms with Crippen molar-refractivity contribution in [3.63, 3.8) is 0 Å². The Morgan fingerprint density at radius 3 is 2.52 bits per heavy atom. The number of carbonyl (C=O) groups is 1. The number of halogens is 1. The van der Waals surface area contributed by atoms with Gasteiger partial charge in [-0.1, -0.05) is 17.7 Å². The van der Waals surface area contributed by atoms with Gasteiger partial charge in [0.25, 0.3) is 5.91 Å². The molecule has 2 aromatic carbocycles. The third kappa shape index (κ3) is 5.88. The number of amides is 1. The van der Waals surface area contributed by atoms with Crippen LogP contribution in [0.2, 0.25) is 5.02 Å². The summed E-state index contributed by atoms with van der Waals surface area (Å²) in [6, 6.07) is 14.4. The standard InChI is InChI=1S/C21H25ClN2O3/c1-15(26-20-5-3-4-16(22)14-20)21(25)23-17-6-8-18(9-7-17)27-19-10-12-24(2)13-11-19/h3-9,14-15,19H,10-13H2,1-2H3,(H,23,25)/t15-/m1/s1. The highest BCUT2D eigenvalue weighted by Gasteiger charge is 2.18. The van der Waals surface area contributed by atoms with Crippen LogP contribution in [-0.2, 0) is 4.79 Å². The third-order valence-electron chi connectivity index (χ3n) is 4.57. The van der Waals surface area contributed by atoms with E-state index in [0.29, 0.717) is 16.5 Å². The van der Waals surface area contributed by atoms with Gasteiger partial charge in [-0.2, -0.15) is 0 Å². The first kappa shape index (κ1) is 19.5. The monoisotopic (exact) mass is 388 g/mol. The summed E-state index contributed by atoms with van der Waals surface area (Å²) in [7, 11) is 2.13. The molecule has 1 saturated heterocycles. The van der Waals surface area contributed by atoms with Gasteiger partial charge in [0.05, 0.1) is 0 Å². The Labute approximate surface area is 165 Å². The van der Waals surface area contributed by atoms with Crippen molar-refractivity contribution in [3.8, 4) is 11.5 Å². The van der Waals surface area contributed by atoms with Crippen molar-refractivity contribution in [2.45, 2.75) is 32.0 Å². The van der Waals surface area contributed by atoms with Gasteiger partial charge in [0.1, 0.15) is 17.6 Å². The zero-order valence-electron chi connectivity index (χ0n) is 15.7. The topological polar surface area (TPSA) is 50.8 Å². The first-order valence-corrected chi connectivity index (χ1v) is 9.56. The average molecular weight is 389 g/mol. The molecule has 0 spiro atoms. The van der Waals surface area contributed by atoms with Gasteiger partial charge >= 0.3 is 0 Å². The molecule has 0 aromatic heterocycles. The number of ether oxygens (including phenoxy) is 2. The van der Waals surface area contributed by atoms with E-state index in [1.807, 2.05) is 24.3 Å². The molecule has 27 heavy (non-hydrogen) atoms. The molecule has 0 saturated carbocycles. The Balaban J connectivity index is 1.50. The summed E-state index contributed by atoms with van der Waals surface area (Å²) in [5.41, 5.74) is 0.706. The number of hydrogen-bond donors (Lipinski definition) is 1. The predicted octanol–water partition coefficient (Wildman–Crippen LogP) is 4.22. The van der Waals surface area contributed by atoms with Gasteiger partial charge in [0, 0.05) is 23.8 Å². The fourth-order valence-corrected chi connectivity index (χ4v) is 3.13. The van der Waals surface area contributed by atoms with E-state index >= 15 is 0 Å². The van der Waals surface area contributed by atoms with E-state index < -0.39 is 6.10 Å². The second-order valence-electron chi connectivity index (χ2n) is 6.85. The number of piperidine rings is 1. The van der Waals surface area contributed by atoms with Gasteiger partial charge in [-0.3, -0.25) is 4.79 Å². The Morgan fingerprint density at radius 1 is 1.15 bits per heavy atom. The van der Waals surface area contributed by atoms with Crippen LogP contribution in [0.1, 0.15) is 19.8 Å². The number of likely N-dealkylation sites (tertiary alicyclic amines) is 1. The number of benzene rings is 2. The Morgan fingerprint density at radius 2 is 1.85 bits per heavy atom. The highest BCUT2D eigenvalue weighted by atomic mass is 35.5. The third-order valence-corrected chi connectivity index (χ3v) is 4.80. The molecule has 144 valence electrons. The highest BCUT2D eigenvalue weighted by Crippen LogP contribution is 2.22. The summed E-state index contributed by atoms with van der Waals surface area (Å²) in [6.07, 6.45) is 1.69. The lowest BCUT2D eigenvalue weighted by Crippen LogP contribution is -2.35. The lowest BCUT2D eigenvalue weighted by Gasteiger charge is -2.29. The molecule has 1 atom stereocenters. The van der Waals surface area contributed by atoms with Crippen molar-refractivity contribution in [1.82, 2.24) is 4.90 Å². The van der Waals surface area contributed by atoms with Gasteiger partial charge in [0.15, 0.2) is 6.10 Å². The molecule has 1 aliphatic heterocycles. The first-order valence-electron chi connectivity index (χ1n) is 9.18. The van der Waals surface area contributed by atoms with Gasteiger partial charge in [-0.05, 0) is 69.3 Å². The van der Waals surface area contributed by atoms with Crippen LogP contribution < -0.4 is 14.8 Å². The number of hydrogen-bond acceptors (Lipinski definition) is 4. The quantitative estimate of drug-likeness (QED) is 0.805. The molecule has 1 heterocycles. The summed E-state index contributed by atoms with van der Waals surface area (Å²) in [6.45, 7) is 3.82.